The van der Waals surface area contributed by atoms with Crippen molar-refractivity contribution in [3.05, 3.63) is 34.9 Å². The minimum absolute atomic E-state index is 0.168. The molecule has 94 valence electrons. The van der Waals surface area contributed by atoms with Crippen LogP contribution >= 0.6 is 0 Å². The maximum Gasteiger partial charge on any atom is 0.106 e. The van der Waals surface area contributed by atoms with Crippen LogP contribution in [0.25, 0.3) is 0 Å². The number of rotatable bonds is 5. The molecule has 0 saturated heterocycles. The Bertz CT molecular complexity index is 392. The Morgan fingerprint density at radius 1 is 1.47 bits per heavy atom. The van der Waals surface area contributed by atoms with E-state index in [1.807, 2.05) is 0 Å². The molecule has 0 aromatic heterocycles. The highest BCUT2D eigenvalue weighted by Gasteiger charge is 2.38. The van der Waals surface area contributed by atoms with Gasteiger partial charge < -0.3 is 15.6 Å². The fraction of sp³-hybridized carbons (Fsp3) is 0.571. The topological polar surface area (TPSA) is 55.5 Å². The van der Waals surface area contributed by atoms with Crippen molar-refractivity contribution in [2.24, 2.45) is 5.73 Å². The number of aryl methyl sites for hydroxylation is 2. The molecule has 1 aliphatic rings. The summed E-state index contributed by atoms with van der Waals surface area (Å²) in [6, 6.07) is 6.50. The van der Waals surface area contributed by atoms with Crippen LogP contribution in [0.4, 0.5) is 0 Å². The monoisotopic (exact) mass is 235 g/mol. The summed E-state index contributed by atoms with van der Waals surface area (Å²) in [6.45, 7) is 3.34. The van der Waals surface area contributed by atoms with Crippen LogP contribution in [-0.4, -0.2) is 24.9 Å². The van der Waals surface area contributed by atoms with Crippen LogP contribution in [-0.2, 0) is 16.8 Å². The molecule has 0 radical (unpaired) electrons. The van der Waals surface area contributed by atoms with E-state index in [4.69, 9.17) is 15.6 Å². The molecule has 0 spiro atoms. The van der Waals surface area contributed by atoms with E-state index in [1.54, 1.807) is 0 Å². The second-order valence-corrected chi connectivity index (χ2v) is 4.78. The number of fused-ring (bicyclic) bond motifs is 1. The van der Waals surface area contributed by atoms with Crippen LogP contribution < -0.4 is 5.73 Å². The van der Waals surface area contributed by atoms with E-state index in [9.17, 15) is 0 Å². The van der Waals surface area contributed by atoms with Gasteiger partial charge in [0, 0.05) is 13.2 Å². The molecule has 1 aliphatic carbocycles. The van der Waals surface area contributed by atoms with Gasteiger partial charge in [0.15, 0.2) is 0 Å². The van der Waals surface area contributed by atoms with Crippen LogP contribution in [0.3, 0.4) is 0 Å². The first-order chi connectivity index (χ1) is 8.22. The van der Waals surface area contributed by atoms with Crippen molar-refractivity contribution in [1.82, 2.24) is 0 Å². The molecule has 0 saturated carbocycles. The van der Waals surface area contributed by atoms with Gasteiger partial charge in [0.1, 0.15) is 5.60 Å². The first-order valence-electron chi connectivity index (χ1n) is 6.27. The van der Waals surface area contributed by atoms with E-state index in [2.05, 4.69) is 25.1 Å². The molecule has 1 atom stereocenters. The molecule has 0 bridgehead atoms. The molecule has 3 heteroatoms. The Morgan fingerprint density at radius 3 is 3.00 bits per heavy atom. The molecule has 3 N–H and O–H groups in total. The van der Waals surface area contributed by atoms with Gasteiger partial charge in [-0.05, 0) is 37.3 Å². The van der Waals surface area contributed by atoms with E-state index in [-0.39, 0.29) is 12.2 Å². The number of ether oxygens (including phenoxy) is 1. The Morgan fingerprint density at radius 2 is 2.29 bits per heavy atom. The summed E-state index contributed by atoms with van der Waals surface area (Å²) in [4.78, 5) is 0. The van der Waals surface area contributed by atoms with E-state index >= 15 is 0 Å². The zero-order valence-corrected chi connectivity index (χ0v) is 10.4. The normalized spacial score (nSPS) is 22.8. The molecule has 17 heavy (non-hydrogen) atoms. The number of nitrogens with two attached hydrogens (primary N) is 1. The average Bonchev–Trinajstić information content (AvgIpc) is 2.69. The van der Waals surface area contributed by atoms with Crippen molar-refractivity contribution >= 4 is 0 Å². The molecular weight excluding hydrogens is 214 g/mol. The minimum Gasteiger partial charge on any atom is -0.396 e. The van der Waals surface area contributed by atoms with Crippen LogP contribution in [0.15, 0.2) is 18.2 Å². The van der Waals surface area contributed by atoms with Crippen LogP contribution in [0.5, 0.6) is 0 Å². The predicted molar refractivity (Wildman–Crippen MR) is 67.9 cm³/mol. The van der Waals surface area contributed by atoms with Gasteiger partial charge in [-0.15, -0.1) is 0 Å². The average molecular weight is 235 g/mol. The Labute approximate surface area is 103 Å². The lowest BCUT2D eigenvalue weighted by molar-refractivity contribution is -0.0468. The number of hydrogen-bond acceptors (Lipinski definition) is 3. The zero-order chi connectivity index (χ0) is 12.3. The van der Waals surface area contributed by atoms with Gasteiger partial charge in [0.05, 0.1) is 6.61 Å². The third-order valence-electron chi connectivity index (χ3n) is 3.56. The summed E-state index contributed by atoms with van der Waals surface area (Å²) in [5, 5.41) is 8.82. The first kappa shape index (κ1) is 12.6. The molecule has 0 fully saturated rings. The highest BCUT2D eigenvalue weighted by molar-refractivity contribution is 5.40. The molecule has 1 unspecified atom stereocenters. The van der Waals surface area contributed by atoms with Crippen molar-refractivity contribution in [2.45, 2.75) is 31.8 Å². The number of hydrogen-bond donors (Lipinski definition) is 2. The van der Waals surface area contributed by atoms with E-state index in [0.29, 0.717) is 19.6 Å². The van der Waals surface area contributed by atoms with Crippen molar-refractivity contribution in [1.29, 1.82) is 0 Å². The molecule has 0 heterocycles. The molecule has 2 rings (SSSR count). The molecular formula is C14H21NO2. The standard InChI is InChI=1S/C14H21NO2/c1-11-3-4-12-5-6-14(10-15,13(12)9-11)17-8-2-7-16/h3-4,9,16H,2,5-8,10,15H2,1H3. The van der Waals surface area contributed by atoms with Gasteiger partial charge in [-0.25, -0.2) is 0 Å². The summed E-state index contributed by atoms with van der Waals surface area (Å²) in [6.07, 6.45) is 2.66. The fourth-order valence-electron chi connectivity index (χ4n) is 2.56. The van der Waals surface area contributed by atoms with Crippen molar-refractivity contribution in [3.8, 4) is 0 Å². The Kier molecular flexibility index (Phi) is 3.82. The first-order valence-corrected chi connectivity index (χ1v) is 6.27. The third-order valence-corrected chi connectivity index (χ3v) is 3.56. The molecule has 3 nitrogen and oxygen atoms in total. The summed E-state index contributed by atoms with van der Waals surface area (Å²) >= 11 is 0. The SMILES string of the molecule is Cc1ccc2c(c1)C(CN)(OCCCO)CC2. The fourth-order valence-corrected chi connectivity index (χ4v) is 2.56. The van der Waals surface area contributed by atoms with E-state index in [1.165, 1.54) is 16.7 Å². The Balaban J connectivity index is 2.23. The smallest absolute Gasteiger partial charge is 0.106 e. The third kappa shape index (κ3) is 2.37. The summed E-state index contributed by atoms with van der Waals surface area (Å²) in [7, 11) is 0. The number of aliphatic hydroxyl groups excluding tert-OH is 1. The molecule has 1 aromatic carbocycles. The van der Waals surface area contributed by atoms with Gasteiger partial charge >= 0.3 is 0 Å². The van der Waals surface area contributed by atoms with Crippen molar-refractivity contribution < 1.29 is 9.84 Å². The summed E-state index contributed by atoms with van der Waals surface area (Å²) in [5.74, 6) is 0. The highest BCUT2D eigenvalue weighted by Crippen LogP contribution is 2.39. The largest absolute Gasteiger partial charge is 0.396 e. The van der Waals surface area contributed by atoms with Gasteiger partial charge in [-0.2, -0.15) is 0 Å². The van der Waals surface area contributed by atoms with Gasteiger partial charge in [0.25, 0.3) is 0 Å². The van der Waals surface area contributed by atoms with Crippen LogP contribution in [0, 0.1) is 6.92 Å². The second kappa shape index (κ2) is 5.17. The predicted octanol–water partition coefficient (Wildman–Crippen LogP) is 1.49. The van der Waals surface area contributed by atoms with E-state index < -0.39 is 0 Å². The molecule has 0 amide bonds. The van der Waals surface area contributed by atoms with Gasteiger partial charge in [-0.3, -0.25) is 0 Å². The minimum atomic E-state index is -0.323. The number of benzene rings is 1. The van der Waals surface area contributed by atoms with Gasteiger partial charge in [-0.1, -0.05) is 23.8 Å². The highest BCUT2D eigenvalue weighted by atomic mass is 16.5. The lowest BCUT2D eigenvalue weighted by Crippen LogP contribution is -2.36. The number of aliphatic hydroxyl groups is 1. The van der Waals surface area contributed by atoms with Gasteiger partial charge in [0.2, 0.25) is 0 Å². The summed E-state index contributed by atoms with van der Waals surface area (Å²) < 4.78 is 5.98. The van der Waals surface area contributed by atoms with Crippen molar-refractivity contribution in [3.63, 3.8) is 0 Å². The zero-order valence-electron chi connectivity index (χ0n) is 10.4. The summed E-state index contributed by atoms with van der Waals surface area (Å²) in [5.41, 5.74) is 9.45. The maximum atomic E-state index is 8.82. The lowest BCUT2D eigenvalue weighted by Gasteiger charge is -2.29. The van der Waals surface area contributed by atoms with Crippen LogP contribution in [0.2, 0.25) is 0 Å². The second-order valence-electron chi connectivity index (χ2n) is 4.78. The molecule has 0 aliphatic heterocycles. The Hall–Kier alpha value is -0.900. The van der Waals surface area contributed by atoms with E-state index in [0.717, 1.165) is 12.8 Å². The van der Waals surface area contributed by atoms with Crippen molar-refractivity contribution in [2.75, 3.05) is 19.8 Å². The van der Waals surface area contributed by atoms with Crippen LogP contribution in [0.1, 0.15) is 29.5 Å². The quantitative estimate of drug-likeness (QED) is 0.760. The molecule has 1 aromatic rings. The maximum absolute atomic E-state index is 8.82. The lowest BCUT2D eigenvalue weighted by atomic mass is 9.94.